The molecule has 0 aliphatic rings. The van der Waals surface area contributed by atoms with E-state index < -0.39 is 16.7 Å². The van der Waals surface area contributed by atoms with Crippen LogP contribution in [0.25, 0.3) is 0 Å². The fourth-order valence-electron chi connectivity index (χ4n) is 2.73. The van der Waals surface area contributed by atoms with Crippen molar-refractivity contribution in [2.45, 2.75) is 19.9 Å². The van der Waals surface area contributed by atoms with Crippen LogP contribution in [0.5, 0.6) is 0 Å². The minimum Gasteiger partial charge on any atom is -0.346 e. The van der Waals surface area contributed by atoms with Crippen molar-refractivity contribution >= 4 is 23.2 Å². The molecule has 0 spiro atoms. The summed E-state index contributed by atoms with van der Waals surface area (Å²) in [6.07, 6.45) is 0. The molecule has 8 nitrogen and oxygen atoms in total. The lowest BCUT2D eigenvalue weighted by molar-refractivity contribution is -0.384. The lowest BCUT2D eigenvalue weighted by Crippen LogP contribution is -2.40. The molecule has 2 aromatic carbocycles. The molecule has 2 N–H and O–H groups in total. The molecule has 0 aromatic heterocycles. The van der Waals surface area contributed by atoms with Crippen LogP contribution in [0.4, 0.5) is 11.4 Å². The van der Waals surface area contributed by atoms with Crippen molar-refractivity contribution in [3.8, 4) is 0 Å². The Hall–Kier alpha value is -3.26. The lowest BCUT2D eigenvalue weighted by Gasteiger charge is -2.25. The van der Waals surface area contributed by atoms with Crippen molar-refractivity contribution in [1.82, 2.24) is 10.2 Å². The van der Waals surface area contributed by atoms with E-state index in [0.29, 0.717) is 5.56 Å². The van der Waals surface area contributed by atoms with Crippen LogP contribution < -0.4 is 10.6 Å². The number of nitro groups is 1. The summed E-state index contributed by atoms with van der Waals surface area (Å²) in [7, 11) is 3.76. The van der Waals surface area contributed by atoms with Crippen molar-refractivity contribution in [3.05, 3.63) is 69.3 Å². The zero-order valence-corrected chi connectivity index (χ0v) is 16.4. The summed E-state index contributed by atoms with van der Waals surface area (Å²) >= 11 is 0. The second-order valence-corrected chi connectivity index (χ2v) is 6.83. The molecule has 0 heterocycles. The number of carbonyl (C=O) groups is 2. The molecule has 0 bridgehead atoms. The Bertz CT molecular complexity index is 878. The van der Waals surface area contributed by atoms with Crippen molar-refractivity contribution in [3.63, 3.8) is 0 Å². The van der Waals surface area contributed by atoms with Gasteiger partial charge in [-0.15, -0.1) is 0 Å². The number of hydrogen-bond acceptors (Lipinski definition) is 5. The molecule has 0 fully saturated rings. The highest BCUT2D eigenvalue weighted by molar-refractivity contribution is 6.39. The van der Waals surface area contributed by atoms with Crippen LogP contribution in [-0.4, -0.2) is 42.3 Å². The predicted molar refractivity (Wildman–Crippen MR) is 107 cm³/mol. The van der Waals surface area contributed by atoms with Crippen LogP contribution in [0.15, 0.2) is 42.5 Å². The number of benzene rings is 2. The Balaban J connectivity index is 2.05. The minimum absolute atomic E-state index is 0.0153. The second kappa shape index (κ2) is 9.09. The summed E-state index contributed by atoms with van der Waals surface area (Å²) < 4.78 is 0. The van der Waals surface area contributed by atoms with E-state index in [-0.39, 0.29) is 24.0 Å². The van der Waals surface area contributed by atoms with Crippen molar-refractivity contribution < 1.29 is 14.5 Å². The van der Waals surface area contributed by atoms with Gasteiger partial charge >= 0.3 is 11.8 Å². The highest BCUT2D eigenvalue weighted by Gasteiger charge is 2.22. The van der Waals surface area contributed by atoms with Gasteiger partial charge in [0.15, 0.2) is 0 Å². The Labute approximate surface area is 163 Å². The number of amides is 2. The Morgan fingerprint density at radius 2 is 1.64 bits per heavy atom. The van der Waals surface area contributed by atoms with E-state index in [4.69, 9.17) is 0 Å². The molecule has 2 aromatic rings. The third-order valence-electron chi connectivity index (χ3n) is 4.35. The minimum atomic E-state index is -0.951. The first-order chi connectivity index (χ1) is 13.2. The third kappa shape index (κ3) is 5.37. The van der Waals surface area contributed by atoms with Crippen LogP contribution in [0.2, 0.25) is 0 Å². The molecule has 0 aliphatic carbocycles. The molecular weight excluding hydrogens is 360 g/mol. The van der Waals surface area contributed by atoms with E-state index in [1.165, 1.54) is 12.1 Å². The molecule has 0 saturated heterocycles. The standard InChI is InChI=1S/C20H24N4O4/c1-13-5-8-15(9-6-13)18(23(3)4)12-21-19(25)20(26)22-16-10-7-14(2)11-17(16)24(27)28/h5-11,18H,12H2,1-4H3,(H,21,25)(H,22,26)/t18-/m1/s1. The average molecular weight is 384 g/mol. The maximum atomic E-state index is 12.2. The fraction of sp³-hybridized carbons (Fsp3) is 0.300. The number of nitro benzene ring substituents is 1. The van der Waals surface area contributed by atoms with E-state index in [0.717, 1.165) is 11.1 Å². The smallest absolute Gasteiger partial charge is 0.313 e. The normalized spacial score (nSPS) is 11.8. The zero-order valence-electron chi connectivity index (χ0n) is 16.4. The molecule has 2 rings (SSSR count). The summed E-state index contributed by atoms with van der Waals surface area (Å²) in [6, 6.07) is 12.2. The second-order valence-electron chi connectivity index (χ2n) is 6.83. The van der Waals surface area contributed by atoms with E-state index in [1.807, 2.05) is 50.2 Å². The van der Waals surface area contributed by atoms with Gasteiger partial charge < -0.3 is 15.5 Å². The molecule has 0 radical (unpaired) electrons. The quantitative estimate of drug-likeness (QED) is 0.452. The number of carbonyl (C=O) groups excluding carboxylic acids is 2. The van der Waals surface area contributed by atoms with Gasteiger partial charge in [-0.05, 0) is 45.1 Å². The summed E-state index contributed by atoms with van der Waals surface area (Å²) in [5, 5.41) is 16.1. The number of rotatable bonds is 6. The molecule has 148 valence electrons. The van der Waals surface area contributed by atoms with Gasteiger partial charge in [-0.3, -0.25) is 19.7 Å². The number of anilines is 1. The predicted octanol–water partition coefficient (Wildman–Crippen LogP) is 2.57. The highest BCUT2D eigenvalue weighted by atomic mass is 16.6. The third-order valence-corrected chi connectivity index (χ3v) is 4.35. The van der Waals surface area contributed by atoms with Crippen LogP contribution in [0, 0.1) is 24.0 Å². The summed E-state index contributed by atoms with van der Waals surface area (Å²) in [4.78, 5) is 36.9. The van der Waals surface area contributed by atoms with Crippen LogP contribution in [0.1, 0.15) is 22.7 Å². The average Bonchev–Trinajstić information content (AvgIpc) is 2.64. The molecule has 2 amide bonds. The summed E-state index contributed by atoms with van der Waals surface area (Å²) in [5.74, 6) is -1.80. The van der Waals surface area contributed by atoms with Gasteiger partial charge in [0.25, 0.3) is 5.69 Å². The van der Waals surface area contributed by atoms with Gasteiger partial charge in [0, 0.05) is 12.6 Å². The maximum Gasteiger partial charge on any atom is 0.313 e. The van der Waals surface area contributed by atoms with E-state index in [1.54, 1.807) is 13.0 Å². The molecular formula is C20H24N4O4. The van der Waals surface area contributed by atoms with Crippen molar-refractivity contribution in [1.29, 1.82) is 0 Å². The Kier molecular flexibility index (Phi) is 6.84. The van der Waals surface area contributed by atoms with Crippen LogP contribution in [-0.2, 0) is 9.59 Å². The van der Waals surface area contributed by atoms with Gasteiger partial charge in [0.2, 0.25) is 0 Å². The molecule has 0 saturated carbocycles. The number of likely N-dealkylation sites (N-methyl/N-ethyl adjacent to an activating group) is 1. The Morgan fingerprint density at radius 1 is 1.04 bits per heavy atom. The van der Waals surface area contributed by atoms with Gasteiger partial charge in [-0.2, -0.15) is 0 Å². The van der Waals surface area contributed by atoms with Gasteiger partial charge in [0.1, 0.15) is 5.69 Å². The van der Waals surface area contributed by atoms with Gasteiger partial charge in [0.05, 0.1) is 11.0 Å². The zero-order chi connectivity index (χ0) is 20.8. The van der Waals surface area contributed by atoms with Crippen LogP contribution in [0.3, 0.4) is 0 Å². The van der Waals surface area contributed by atoms with E-state index in [9.17, 15) is 19.7 Å². The van der Waals surface area contributed by atoms with Crippen molar-refractivity contribution in [2.24, 2.45) is 0 Å². The number of nitrogens with one attached hydrogen (secondary N) is 2. The first-order valence-electron chi connectivity index (χ1n) is 8.76. The van der Waals surface area contributed by atoms with E-state index >= 15 is 0 Å². The molecule has 8 heteroatoms. The number of hydrogen-bond donors (Lipinski definition) is 2. The first kappa shape index (κ1) is 21.0. The molecule has 0 unspecified atom stereocenters. The largest absolute Gasteiger partial charge is 0.346 e. The molecule has 1 atom stereocenters. The first-order valence-corrected chi connectivity index (χ1v) is 8.76. The van der Waals surface area contributed by atoms with Crippen molar-refractivity contribution in [2.75, 3.05) is 26.0 Å². The topological polar surface area (TPSA) is 105 Å². The number of nitrogens with zero attached hydrogens (tertiary/aromatic N) is 2. The van der Waals surface area contributed by atoms with Gasteiger partial charge in [-0.25, -0.2) is 0 Å². The number of aryl methyl sites for hydroxylation is 2. The highest BCUT2D eigenvalue weighted by Crippen LogP contribution is 2.25. The Morgan fingerprint density at radius 3 is 2.21 bits per heavy atom. The van der Waals surface area contributed by atoms with Gasteiger partial charge in [-0.1, -0.05) is 35.9 Å². The summed E-state index contributed by atoms with van der Waals surface area (Å²) in [5.41, 5.74) is 2.54. The van der Waals surface area contributed by atoms with E-state index in [2.05, 4.69) is 10.6 Å². The van der Waals surface area contributed by atoms with Crippen LogP contribution >= 0.6 is 0 Å². The summed E-state index contributed by atoms with van der Waals surface area (Å²) in [6.45, 7) is 3.92. The molecule has 28 heavy (non-hydrogen) atoms. The monoisotopic (exact) mass is 384 g/mol. The SMILES string of the molecule is Cc1ccc([C@@H](CNC(=O)C(=O)Nc2ccc(C)cc2[N+](=O)[O-])N(C)C)cc1. The lowest BCUT2D eigenvalue weighted by atomic mass is 10.0. The fourth-order valence-corrected chi connectivity index (χ4v) is 2.73. The molecule has 0 aliphatic heterocycles. The maximum absolute atomic E-state index is 12.2.